The van der Waals surface area contributed by atoms with Crippen LogP contribution in [0.15, 0.2) is 34.7 Å². The Morgan fingerprint density at radius 1 is 1.30 bits per heavy atom. The number of hydrogen-bond donors (Lipinski definition) is 1. The number of fused-ring (bicyclic) bond motifs is 1. The molecule has 0 aliphatic carbocycles. The van der Waals surface area contributed by atoms with Gasteiger partial charge >= 0.3 is 0 Å². The van der Waals surface area contributed by atoms with Crippen molar-refractivity contribution in [3.05, 3.63) is 36.1 Å². The normalized spacial score (nSPS) is 18.4. The van der Waals surface area contributed by atoms with Crippen LogP contribution >= 0.6 is 11.8 Å². The van der Waals surface area contributed by atoms with Crippen molar-refractivity contribution in [1.82, 2.24) is 10.2 Å². The average molecular weight is 290 g/mol. The van der Waals surface area contributed by atoms with E-state index in [0.717, 1.165) is 24.4 Å². The summed E-state index contributed by atoms with van der Waals surface area (Å²) >= 11 is 2.06. The SMILES string of the molecule is CC(NCCN1CCSCC1)c1cc2ccccc2o1. The van der Waals surface area contributed by atoms with Crippen molar-refractivity contribution >= 4 is 22.7 Å². The van der Waals surface area contributed by atoms with Crippen LogP contribution in [0.5, 0.6) is 0 Å². The van der Waals surface area contributed by atoms with Gasteiger partial charge in [0.25, 0.3) is 0 Å². The summed E-state index contributed by atoms with van der Waals surface area (Å²) in [7, 11) is 0. The van der Waals surface area contributed by atoms with Gasteiger partial charge in [-0.15, -0.1) is 0 Å². The summed E-state index contributed by atoms with van der Waals surface area (Å²) in [6.45, 7) is 6.77. The van der Waals surface area contributed by atoms with Gasteiger partial charge in [0.15, 0.2) is 0 Å². The van der Waals surface area contributed by atoms with Crippen molar-refractivity contribution < 1.29 is 4.42 Å². The zero-order valence-electron chi connectivity index (χ0n) is 12.0. The number of nitrogens with one attached hydrogen (secondary N) is 1. The van der Waals surface area contributed by atoms with Gasteiger partial charge in [-0.2, -0.15) is 11.8 Å². The lowest BCUT2D eigenvalue weighted by molar-refractivity contribution is 0.293. The summed E-state index contributed by atoms with van der Waals surface area (Å²) in [6.07, 6.45) is 0. The van der Waals surface area contributed by atoms with Gasteiger partial charge in [0.05, 0.1) is 6.04 Å². The number of furan rings is 1. The third-order valence-electron chi connectivity index (χ3n) is 3.85. The second kappa shape index (κ2) is 6.66. The van der Waals surface area contributed by atoms with E-state index in [2.05, 4.69) is 41.0 Å². The molecule has 1 aromatic heterocycles. The van der Waals surface area contributed by atoms with Crippen molar-refractivity contribution in [1.29, 1.82) is 0 Å². The van der Waals surface area contributed by atoms with E-state index < -0.39 is 0 Å². The molecule has 1 unspecified atom stereocenters. The molecule has 2 aromatic rings. The quantitative estimate of drug-likeness (QED) is 0.916. The molecule has 1 aromatic carbocycles. The summed E-state index contributed by atoms with van der Waals surface area (Å²) in [5, 5.41) is 4.75. The predicted octanol–water partition coefficient (Wildman–Crippen LogP) is 3.13. The van der Waals surface area contributed by atoms with Crippen molar-refractivity contribution in [3.8, 4) is 0 Å². The van der Waals surface area contributed by atoms with Crippen LogP contribution in [0, 0.1) is 0 Å². The van der Waals surface area contributed by atoms with Gasteiger partial charge in [-0.05, 0) is 19.1 Å². The molecule has 0 radical (unpaired) electrons. The summed E-state index contributed by atoms with van der Waals surface area (Å²) in [4.78, 5) is 2.54. The molecule has 3 rings (SSSR count). The highest BCUT2D eigenvalue weighted by atomic mass is 32.2. The highest BCUT2D eigenvalue weighted by Gasteiger charge is 2.13. The average Bonchev–Trinajstić information content (AvgIpc) is 2.92. The third-order valence-corrected chi connectivity index (χ3v) is 4.80. The van der Waals surface area contributed by atoms with E-state index in [1.54, 1.807) is 0 Å². The molecule has 2 heterocycles. The van der Waals surface area contributed by atoms with Gasteiger partial charge < -0.3 is 14.6 Å². The molecular weight excluding hydrogens is 268 g/mol. The Labute approximate surface area is 124 Å². The van der Waals surface area contributed by atoms with Crippen LogP contribution in [0.25, 0.3) is 11.0 Å². The third kappa shape index (κ3) is 3.37. The number of thioether (sulfide) groups is 1. The summed E-state index contributed by atoms with van der Waals surface area (Å²) in [6, 6.07) is 10.6. The molecule has 1 aliphatic rings. The first-order valence-corrected chi connectivity index (χ1v) is 8.50. The largest absolute Gasteiger partial charge is 0.459 e. The summed E-state index contributed by atoms with van der Waals surface area (Å²) in [5.74, 6) is 3.58. The van der Waals surface area contributed by atoms with E-state index in [9.17, 15) is 0 Å². The molecule has 1 fully saturated rings. The Balaban J connectivity index is 1.52. The zero-order chi connectivity index (χ0) is 13.8. The minimum atomic E-state index is 0.265. The van der Waals surface area contributed by atoms with Crippen LogP contribution in [0.4, 0.5) is 0 Å². The van der Waals surface area contributed by atoms with Crippen LogP contribution in [0.2, 0.25) is 0 Å². The van der Waals surface area contributed by atoms with E-state index in [4.69, 9.17) is 4.42 Å². The van der Waals surface area contributed by atoms with Gasteiger partial charge in [0.1, 0.15) is 11.3 Å². The van der Waals surface area contributed by atoms with Gasteiger partial charge in [0, 0.05) is 43.1 Å². The monoisotopic (exact) mass is 290 g/mol. The first kappa shape index (κ1) is 14.0. The smallest absolute Gasteiger partial charge is 0.134 e. The van der Waals surface area contributed by atoms with Crippen LogP contribution in [0.3, 0.4) is 0 Å². The van der Waals surface area contributed by atoms with Crippen molar-refractivity contribution in [2.45, 2.75) is 13.0 Å². The Morgan fingerprint density at radius 2 is 2.10 bits per heavy atom. The molecule has 1 atom stereocenters. The lowest BCUT2D eigenvalue weighted by Gasteiger charge is -2.26. The van der Waals surface area contributed by atoms with E-state index in [1.807, 2.05) is 18.2 Å². The van der Waals surface area contributed by atoms with Crippen molar-refractivity contribution in [2.24, 2.45) is 0 Å². The number of hydrogen-bond acceptors (Lipinski definition) is 4. The first-order chi connectivity index (χ1) is 9.83. The molecule has 4 heteroatoms. The fourth-order valence-corrected chi connectivity index (χ4v) is 3.56. The maximum absolute atomic E-state index is 5.89. The second-order valence-corrected chi connectivity index (χ2v) is 6.54. The second-order valence-electron chi connectivity index (χ2n) is 5.32. The number of para-hydroxylation sites is 1. The Morgan fingerprint density at radius 3 is 2.90 bits per heavy atom. The number of benzene rings is 1. The first-order valence-electron chi connectivity index (χ1n) is 7.35. The van der Waals surface area contributed by atoms with Gasteiger partial charge in [-0.3, -0.25) is 0 Å². The molecule has 1 N–H and O–H groups in total. The van der Waals surface area contributed by atoms with Crippen molar-refractivity contribution in [3.63, 3.8) is 0 Å². The Hall–Kier alpha value is -0.970. The van der Waals surface area contributed by atoms with Crippen LogP contribution < -0.4 is 5.32 Å². The lowest BCUT2D eigenvalue weighted by atomic mass is 10.2. The molecule has 108 valence electrons. The standard InChI is InChI=1S/C16H22N2OS/c1-13(17-6-7-18-8-10-20-11-9-18)16-12-14-4-2-3-5-15(14)19-16/h2-5,12-13,17H,6-11H2,1H3. The predicted molar refractivity (Wildman–Crippen MR) is 86.4 cm³/mol. The van der Waals surface area contributed by atoms with Crippen LogP contribution in [0.1, 0.15) is 18.7 Å². The van der Waals surface area contributed by atoms with E-state index in [1.165, 1.54) is 30.0 Å². The summed E-state index contributed by atoms with van der Waals surface area (Å²) < 4.78 is 5.89. The number of nitrogens with zero attached hydrogens (tertiary/aromatic N) is 1. The number of rotatable bonds is 5. The highest BCUT2D eigenvalue weighted by molar-refractivity contribution is 7.99. The minimum Gasteiger partial charge on any atom is -0.459 e. The molecule has 0 spiro atoms. The van der Waals surface area contributed by atoms with E-state index in [-0.39, 0.29) is 6.04 Å². The molecule has 3 nitrogen and oxygen atoms in total. The lowest BCUT2D eigenvalue weighted by Crippen LogP contribution is -2.38. The molecule has 1 saturated heterocycles. The molecule has 0 amide bonds. The van der Waals surface area contributed by atoms with E-state index in [0.29, 0.717) is 0 Å². The van der Waals surface area contributed by atoms with Gasteiger partial charge in [0.2, 0.25) is 0 Å². The topological polar surface area (TPSA) is 28.4 Å². The van der Waals surface area contributed by atoms with Gasteiger partial charge in [-0.25, -0.2) is 0 Å². The Bertz CT molecular complexity index is 515. The fraction of sp³-hybridized carbons (Fsp3) is 0.500. The minimum absolute atomic E-state index is 0.265. The van der Waals surface area contributed by atoms with Crippen LogP contribution in [-0.4, -0.2) is 42.6 Å². The maximum atomic E-state index is 5.89. The molecule has 0 bridgehead atoms. The molecule has 1 aliphatic heterocycles. The highest BCUT2D eigenvalue weighted by Crippen LogP contribution is 2.23. The molecule has 20 heavy (non-hydrogen) atoms. The zero-order valence-corrected chi connectivity index (χ0v) is 12.8. The van der Waals surface area contributed by atoms with Crippen LogP contribution in [-0.2, 0) is 0 Å². The van der Waals surface area contributed by atoms with Crippen molar-refractivity contribution in [2.75, 3.05) is 37.7 Å². The maximum Gasteiger partial charge on any atom is 0.134 e. The molecular formula is C16H22N2OS. The molecule has 0 saturated carbocycles. The van der Waals surface area contributed by atoms with E-state index >= 15 is 0 Å². The summed E-state index contributed by atoms with van der Waals surface area (Å²) in [5.41, 5.74) is 0.976. The fourth-order valence-electron chi connectivity index (χ4n) is 2.58. The van der Waals surface area contributed by atoms with Gasteiger partial charge in [-0.1, -0.05) is 18.2 Å². The Kier molecular flexibility index (Phi) is 4.65.